The summed E-state index contributed by atoms with van der Waals surface area (Å²) in [5, 5.41) is 9.67. The van der Waals surface area contributed by atoms with Gasteiger partial charge in [-0.3, -0.25) is 5.41 Å². The lowest BCUT2D eigenvalue weighted by Crippen LogP contribution is -2.43. The Kier molecular flexibility index (Phi) is 8.59. The number of esters is 1. The standard InChI is InChI=1S/C18H28N4O6S/c1-12-7-9-13(10-8-12)29(25,26)22-14(6-5-11-21-16(19)20)15(23)27-17(24)28-18(2,3)4/h7-10,14,22H,5-6,11H2,1-4H3,(H4,19,20,21)/t14-/m0/s1. The molecule has 0 bridgehead atoms. The predicted octanol–water partition coefficient (Wildman–Crippen LogP) is 1.38. The predicted molar refractivity (Wildman–Crippen MR) is 107 cm³/mol. The van der Waals surface area contributed by atoms with E-state index < -0.39 is 33.8 Å². The minimum absolute atomic E-state index is 0.00695. The summed E-state index contributed by atoms with van der Waals surface area (Å²) in [6.45, 7) is 6.85. The van der Waals surface area contributed by atoms with E-state index in [4.69, 9.17) is 15.9 Å². The van der Waals surface area contributed by atoms with Crippen molar-refractivity contribution in [1.82, 2.24) is 10.0 Å². The zero-order valence-corrected chi connectivity index (χ0v) is 17.8. The Morgan fingerprint density at radius 1 is 1.21 bits per heavy atom. The summed E-state index contributed by atoms with van der Waals surface area (Å²) in [4.78, 5) is 24.1. The van der Waals surface area contributed by atoms with Crippen LogP contribution in [0.5, 0.6) is 0 Å². The summed E-state index contributed by atoms with van der Waals surface area (Å²) in [6, 6.07) is 4.73. The number of nitrogens with two attached hydrogens (primary N) is 1. The number of ether oxygens (including phenoxy) is 2. The van der Waals surface area contributed by atoms with Crippen molar-refractivity contribution in [2.24, 2.45) is 5.73 Å². The first kappa shape index (κ1) is 24.4. The fraction of sp³-hybridized carbons (Fsp3) is 0.500. The van der Waals surface area contributed by atoms with Crippen molar-refractivity contribution in [3.05, 3.63) is 29.8 Å². The van der Waals surface area contributed by atoms with Crippen molar-refractivity contribution in [2.45, 2.75) is 57.1 Å². The molecule has 1 rings (SSSR count). The van der Waals surface area contributed by atoms with Gasteiger partial charge in [0.05, 0.1) is 4.90 Å². The van der Waals surface area contributed by atoms with Crippen LogP contribution in [0.25, 0.3) is 0 Å². The normalized spacial score (nSPS) is 12.7. The van der Waals surface area contributed by atoms with E-state index in [-0.39, 0.29) is 30.2 Å². The largest absolute Gasteiger partial charge is 0.516 e. The molecular weight excluding hydrogens is 400 g/mol. The molecule has 5 N–H and O–H groups in total. The molecule has 1 aromatic rings. The third-order valence-corrected chi connectivity index (χ3v) is 4.96. The molecule has 0 heterocycles. The SMILES string of the molecule is Cc1ccc(S(=O)(=O)N[C@@H](CCCNC(=N)N)C(=O)OC(=O)OC(C)(C)C)cc1. The van der Waals surface area contributed by atoms with Crippen LogP contribution in [0.2, 0.25) is 0 Å². The monoisotopic (exact) mass is 428 g/mol. The number of rotatable bonds is 8. The number of benzene rings is 1. The molecule has 0 spiro atoms. The lowest BCUT2D eigenvalue weighted by atomic mass is 10.2. The van der Waals surface area contributed by atoms with Gasteiger partial charge in [-0.05, 0) is 52.7 Å². The van der Waals surface area contributed by atoms with Crippen LogP contribution in [0.4, 0.5) is 4.79 Å². The van der Waals surface area contributed by atoms with E-state index in [9.17, 15) is 18.0 Å². The van der Waals surface area contributed by atoms with E-state index in [2.05, 4.69) is 14.8 Å². The molecular formula is C18H28N4O6S. The van der Waals surface area contributed by atoms with E-state index in [1.807, 2.05) is 6.92 Å². The zero-order chi connectivity index (χ0) is 22.2. The summed E-state index contributed by atoms with van der Waals surface area (Å²) >= 11 is 0. The molecule has 0 radical (unpaired) electrons. The molecule has 1 aromatic carbocycles. The first-order valence-electron chi connectivity index (χ1n) is 8.92. The maximum atomic E-state index is 12.6. The zero-order valence-electron chi connectivity index (χ0n) is 16.9. The summed E-state index contributed by atoms with van der Waals surface area (Å²) < 4.78 is 37.1. The molecule has 162 valence electrons. The molecule has 0 unspecified atom stereocenters. The van der Waals surface area contributed by atoms with Crippen LogP contribution < -0.4 is 15.8 Å². The molecule has 0 saturated carbocycles. The second-order valence-electron chi connectivity index (χ2n) is 7.36. The lowest BCUT2D eigenvalue weighted by molar-refractivity contribution is -0.143. The van der Waals surface area contributed by atoms with Gasteiger partial charge in [0.2, 0.25) is 10.0 Å². The van der Waals surface area contributed by atoms with Crippen molar-refractivity contribution in [2.75, 3.05) is 6.54 Å². The molecule has 0 saturated heterocycles. The number of aryl methyl sites for hydroxylation is 1. The molecule has 0 aliphatic carbocycles. The summed E-state index contributed by atoms with van der Waals surface area (Å²) in [5.41, 5.74) is 5.19. The fourth-order valence-corrected chi connectivity index (χ4v) is 3.37. The average Bonchev–Trinajstić information content (AvgIpc) is 2.55. The number of sulfonamides is 1. The van der Waals surface area contributed by atoms with E-state index in [0.717, 1.165) is 5.56 Å². The van der Waals surface area contributed by atoms with Crippen LogP contribution >= 0.6 is 0 Å². The average molecular weight is 429 g/mol. The van der Waals surface area contributed by atoms with E-state index in [0.29, 0.717) is 0 Å². The number of hydrogen-bond donors (Lipinski definition) is 4. The Bertz CT molecular complexity index is 831. The maximum absolute atomic E-state index is 12.6. The van der Waals surface area contributed by atoms with Crippen LogP contribution in [-0.2, 0) is 24.3 Å². The second kappa shape index (κ2) is 10.2. The molecule has 0 fully saturated rings. The number of carbonyl (C=O) groups excluding carboxylic acids is 2. The van der Waals surface area contributed by atoms with Crippen molar-refractivity contribution in [3.63, 3.8) is 0 Å². The molecule has 29 heavy (non-hydrogen) atoms. The van der Waals surface area contributed by atoms with E-state index in [1.54, 1.807) is 32.9 Å². The topological polar surface area (TPSA) is 161 Å². The number of carbonyl (C=O) groups is 2. The summed E-state index contributed by atoms with van der Waals surface area (Å²) in [7, 11) is -4.04. The van der Waals surface area contributed by atoms with E-state index in [1.165, 1.54) is 12.1 Å². The van der Waals surface area contributed by atoms with Gasteiger partial charge in [0.1, 0.15) is 11.6 Å². The highest BCUT2D eigenvalue weighted by molar-refractivity contribution is 7.89. The van der Waals surface area contributed by atoms with Crippen LogP contribution in [-0.4, -0.2) is 44.7 Å². The molecule has 1 atom stereocenters. The molecule has 0 aliphatic heterocycles. The Morgan fingerprint density at radius 3 is 2.31 bits per heavy atom. The highest BCUT2D eigenvalue weighted by Gasteiger charge is 2.30. The maximum Gasteiger partial charge on any atom is 0.516 e. The fourth-order valence-electron chi connectivity index (χ4n) is 2.15. The third-order valence-electron chi connectivity index (χ3n) is 3.47. The van der Waals surface area contributed by atoms with Crippen molar-refractivity contribution in [1.29, 1.82) is 5.41 Å². The van der Waals surface area contributed by atoms with Crippen LogP contribution in [0.1, 0.15) is 39.2 Å². The Morgan fingerprint density at radius 2 is 1.79 bits per heavy atom. The second-order valence-corrected chi connectivity index (χ2v) is 9.07. The van der Waals surface area contributed by atoms with Gasteiger partial charge in [0.25, 0.3) is 0 Å². The van der Waals surface area contributed by atoms with Gasteiger partial charge >= 0.3 is 12.1 Å². The Hall–Kier alpha value is -2.66. The highest BCUT2D eigenvalue weighted by Crippen LogP contribution is 2.14. The van der Waals surface area contributed by atoms with Gasteiger partial charge in [0.15, 0.2) is 5.96 Å². The number of nitrogens with one attached hydrogen (secondary N) is 3. The lowest BCUT2D eigenvalue weighted by Gasteiger charge is -2.20. The first-order valence-corrected chi connectivity index (χ1v) is 10.4. The van der Waals surface area contributed by atoms with Crippen LogP contribution in [0.15, 0.2) is 29.2 Å². The van der Waals surface area contributed by atoms with E-state index >= 15 is 0 Å². The molecule has 0 aliphatic rings. The Labute approximate surface area is 170 Å². The quantitative estimate of drug-likeness (QED) is 0.159. The minimum Gasteiger partial charge on any atom is -0.428 e. The van der Waals surface area contributed by atoms with Crippen LogP contribution in [0.3, 0.4) is 0 Å². The molecule has 0 aromatic heterocycles. The van der Waals surface area contributed by atoms with Gasteiger partial charge in [-0.25, -0.2) is 18.0 Å². The van der Waals surface area contributed by atoms with Crippen molar-refractivity contribution in [3.8, 4) is 0 Å². The number of guanidine groups is 1. The highest BCUT2D eigenvalue weighted by atomic mass is 32.2. The van der Waals surface area contributed by atoms with Gasteiger partial charge in [0, 0.05) is 6.54 Å². The van der Waals surface area contributed by atoms with Crippen molar-refractivity contribution >= 4 is 28.1 Å². The molecule has 11 heteroatoms. The van der Waals surface area contributed by atoms with Gasteiger partial charge in [-0.2, -0.15) is 4.72 Å². The molecule has 0 amide bonds. The summed E-state index contributed by atoms with van der Waals surface area (Å²) in [5.74, 6) is -1.34. The van der Waals surface area contributed by atoms with Gasteiger partial charge < -0.3 is 20.5 Å². The third kappa shape index (κ3) is 9.39. The molecule has 10 nitrogen and oxygen atoms in total. The first-order chi connectivity index (χ1) is 13.3. The van der Waals surface area contributed by atoms with Crippen LogP contribution in [0, 0.1) is 12.3 Å². The van der Waals surface area contributed by atoms with Crippen molar-refractivity contribution < 1.29 is 27.5 Å². The minimum atomic E-state index is -4.04. The van der Waals surface area contributed by atoms with Gasteiger partial charge in [-0.15, -0.1) is 0 Å². The Balaban J connectivity index is 2.91. The number of hydrogen-bond acceptors (Lipinski definition) is 7. The smallest absolute Gasteiger partial charge is 0.428 e. The van der Waals surface area contributed by atoms with Gasteiger partial charge in [-0.1, -0.05) is 17.7 Å². The summed E-state index contributed by atoms with van der Waals surface area (Å²) in [6.07, 6.45) is -0.930.